The first-order valence-electron chi connectivity index (χ1n) is 9.32. The van der Waals surface area contributed by atoms with Gasteiger partial charge in [0.15, 0.2) is 0 Å². The van der Waals surface area contributed by atoms with Gasteiger partial charge in [-0.1, -0.05) is 72.3 Å². The highest BCUT2D eigenvalue weighted by atomic mass is 14.2. The van der Waals surface area contributed by atoms with Crippen molar-refractivity contribution in [3.63, 3.8) is 0 Å². The maximum absolute atomic E-state index is 2.40. The van der Waals surface area contributed by atoms with Crippen LogP contribution in [0.3, 0.4) is 0 Å². The van der Waals surface area contributed by atoms with Gasteiger partial charge < -0.3 is 0 Å². The monoisotopic (exact) mass is 322 g/mol. The molecule has 2 aliphatic rings. The normalized spacial score (nSPS) is 15.0. The second kappa shape index (κ2) is 5.74. The van der Waals surface area contributed by atoms with Crippen LogP contribution in [0.4, 0.5) is 0 Å². The third kappa shape index (κ3) is 2.36. The van der Waals surface area contributed by atoms with Gasteiger partial charge in [-0.2, -0.15) is 0 Å². The minimum absolute atomic E-state index is 1.07. The fourth-order valence-corrected chi connectivity index (χ4v) is 4.51. The maximum Gasteiger partial charge on any atom is -0.00791 e. The zero-order chi connectivity index (χ0) is 16.8. The molecule has 122 valence electrons. The average molecular weight is 322 g/mol. The van der Waals surface area contributed by atoms with Gasteiger partial charge in [0.05, 0.1) is 0 Å². The van der Waals surface area contributed by atoms with Crippen LogP contribution in [0.2, 0.25) is 0 Å². The molecule has 3 aromatic carbocycles. The molecule has 0 heteroatoms. The first kappa shape index (κ1) is 14.7. The Hall–Kier alpha value is -2.60. The number of rotatable bonds is 1. The number of hydrogen-bond donors (Lipinski definition) is 0. The molecule has 0 amide bonds. The largest absolute Gasteiger partial charge is 0.0722 e. The second-order valence-corrected chi connectivity index (χ2v) is 7.31. The lowest BCUT2D eigenvalue weighted by atomic mass is 9.84. The van der Waals surface area contributed by atoms with Crippen LogP contribution < -0.4 is 10.4 Å². The molecule has 0 radical (unpaired) electrons. The Morgan fingerprint density at radius 1 is 0.680 bits per heavy atom. The minimum atomic E-state index is 1.07. The molecular weight excluding hydrogens is 300 g/mol. The molecular formula is C25H22. The Morgan fingerprint density at radius 2 is 1.48 bits per heavy atom. The lowest BCUT2D eigenvalue weighted by Gasteiger charge is -2.21. The summed E-state index contributed by atoms with van der Waals surface area (Å²) in [4.78, 5) is 0. The molecule has 0 fully saturated rings. The fraction of sp³-hybridized carbons (Fsp3) is 0.200. The lowest BCUT2D eigenvalue weighted by Crippen LogP contribution is -2.23. The highest BCUT2D eigenvalue weighted by molar-refractivity contribution is 5.68. The van der Waals surface area contributed by atoms with Gasteiger partial charge in [0.25, 0.3) is 0 Å². The molecule has 0 bridgehead atoms. The maximum atomic E-state index is 2.40. The van der Waals surface area contributed by atoms with E-state index in [1.54, 1.807) is 11.1 Å². The lowest BCUT2D eigenvalue weighted by molar-refractivity contribution is 0.809. The Kier molecular flexibility index (Phi) is 3.38. The van der Waals surface area contributed by atoms with E-state index < -0.39 is 0 Å². The Bertz CT molecular complexity index is 1180. The number of aryl methyl sites for hydroxylation is 1. The molecule has 5 rings (SSSR count). The van der Waals surface area contributed by atoms with Crippen LogP contribution in [0, 0.1) is 17.4 Å². The molecule has 0 unspecified atom stereocenters. The van der Waals surface area contributed by atoms with E-state index in [4.69, 9.17) is 0 Å². The van der Waals surface area contributed by atoms with E-state index in [-0.39, 0.29) is 0 Å². The molecule has 25 heavy (non-hydrogen) atoms. The van der Waals surface area contributed by atoms with Gasteiger partial charge in [-0.3, -0.25) is 0 Å². The summed E-state index contributed by atoms with van der Waals surface area (Å²) in [6.07, 6.45) is 7.13. The molecule has 0 spiro atoms. The van der Waals surface area contributed by atoms with Gasteiger partial charge in [-0.25, -0.2) is 0 Å². The average Bonchev–Trinajstić information content (AvgIpc) is 2.67. The summed E-state index contributed by atoms with van der Waals surface area (Å²) >= 11 is 0. The number of hydrogen-bond acceptors (Lipinski definition) is 0. The molecule has 0 saturated heterocycles. The van der Waals surface area contributed by atoms with Crippen molar-refractivity contribution in [2.75, 3.05) is 0 Å². The topological polar surface area (TPSA) is 0 Å². The van der Waals surface area contributed by atoms with Crippen LogP contribution in [0.25, 0.3) is 11.6 Å². The molecule has 2 aliphatic carbocycles. The first-order chi connectivity index (χ1) is 12.3. The van der Waals surface area contributed by atoms with Crippen molar-refractivity contribution in [2.45, 2.75) is 32.6 Å². The summed E-state index contributed by atoms with van der Waals surface area (Å²) < 4.78 is 0. The van der Waals surface area contributed by atoms with Crippen LogP contribution in [0.1, 0.15) is 35.1 Å². The van der Waals surface area contributed by atoms with Gasteiger partial charge in [-0.05, 0) is 75.7 Å². The minimum Gasteiger partial charge on any atom is -0.0722 e. The van der Waals surface area contributed by atoms with Crippen molar-refractivity contribution >= 4 is 11.6 Å². The third-order valence-electron chi connectivity index (χ3n) is 5.79. The fourth-order valence-electron chi connectivity index (χ4n) is 4.51. The quantitative estimate of drug-likeness (QED) is 0.631. The van der Waals surface area contributed by atoms with Crippen LogP contribution in [-0.2, 0) is 12.8 Å². The van der Waals surface area contributed by atoms with Gasteiger partial charge in [-0.15, -0.1) is 0 Å². The van der Waals surface area contributed by atoms with Crippen molar-refractivity contribution in [1.29, 1.82) is 0 Å². The van der Waals surface area contributed by atoms with E-state index >= 15 is 0 Å². The molecule has 0 aliphatic heterocycles. The molecule has 0 atom stereocenters. The third-order valence-corrected chi connectivity index (χ3v) is 5.79. The predicted molar refractivity (Wildman–Crippen MR) is 105 cm³/mol. The zero-order valence-electron chi connectivity index (χ0n) is 14.7. The van der Waals surface area contributed by atoms with Crippen LogP contribution in [0.15, 0.2) is 60.7 Å². The van der Waals surface area contributed by atoms with Crippen LogP contribution in [-0.4, -0.2) is 0 Å². The summed E-state index contributed by atoms with van der Waals surface area (Å²) in [6.45, 7) is 2.16. The standard InChI is InChI=1S/C25H22/c1-17-9-11-19(12-10-17)21-7-4-8-22-23(21)15-16-24-20-6-3-2-5-18(20)13-14-25(22)24/h2-3,5-6,9-13,15-16H,4,7-8,14H2,1H3. The van der Waals surface area contributed by atoms with Crippen molar-refractivity contribution < 1.29 is 0 Å². The Balaban J connectivity index is 1.86. The van der Waals surface area contributed by atoms with Gasteiger partial charge in [0.2, 0.25) is 0 Å². The van der Waals surface area contributed by atoms with Crippen LogP contribution >= 0.6 is 0 Å². The van der Waals surface area contributed by atoms with Crippen molar-refractivity contribution in [3.05, 3.63) is 104 Å². The van der Waals surface area contributed by atoms with Gasteiger partial charge in [0.1, 0.15) is 0 Å². The summed E-state index contributed by atoms with van der Waals surface area (Å²) in [5.41, 5.74) is 7.40. The SMILES string of the molecule is Cc1ccc(C2=c3ccc4c(c3CCC2)CC=c2ccccc2=4)cc1. The van der Waals surface area contributed by atoms with E-state index in [2.05, 4.69) is 73.7 Å². The molecule has 0 aromatic heterocycles. The van der Waals surface area contributed by atoms with E-state index in [1.165, 1.54) is 56.8 Å². The van der Waals surface area contributed by atoms with E-state index in [0.29, 0.717) is 0 Å². The summed E-state index contributed by atoms with van der Waals surface area (Å²) in [5, 5.41) is 5.71. The zero-order valence-corrected chi connectivity index (χ0v) is 14.7. The number of benzene rings is 3. The summed E-state index contributed by atoms with van der Waals surface area (Å²) in [6, 6.07) is 22.6. The highest BCUT2D eigenvalue weighted by Gasteiger charge is 2.16. The van der Waals surface area contributed by atoms with Crippen molar-refractivity contribution in [3.8, 4) is 0 Å². The molecule has 0 nitrogen and oxygen atoms in total. The van der Waals surface area contributed by atoms with Crippen molar-refractivity contribution in [2.24, 2.45) is 0 Å². The smallest absolute Gasteiger partial charge is 0.00791 e. The second-order valence-electron chi connectivity index (χ2n) is 7.31. The van der Waals surface area contributed by atoms with Gasteiger partial charge in [0, 0.05) is 0 Å². The molecule has 3 aromatic rings. The van der Waals surface area contributed by atoms with E-state index in [1.807, 2.05) is 0 Å². The molecule has 0 saturated carbocycles. The number of fused-ring (bicyclic) bond motifs is 4. The van der Waals surface area contributed by atoms with Crippen molar-refractivity contribution in [1.82, 2.24) is 0 Å². The highest BCUT2D eigenvalue weighted by Crippen LogP contribution is 2.25. The molecule has 0 N–H and O–H groups in total. The van der Waals surface area contributed by atoms with E-state index in [9.17, 15) is 0 Å². The van der Waals surface area contributed by atoms with Gasteiger partial charge >= 0.3 is 0 Å². The van der Waals surface area contributed by atoms with E-state index in [0.717, 1.165) is 6.42 Å². The first-order valence-corrected chi connectivity index (χ1v) is 9.32. The Morgan fingerprint density at radius 3 is 2.36 bits per heavy atom. The summed E-state index contributed by atoms with van der Waals surface area (Å²) in [5.74, 6) is 0. The van der Waals surface area contributed by atoms with Crippen LogP contribution in [0.5, 0.6) is 0 Å². The predicted octanol–water partition coefficient (Wildman–Crippen LogP) is 4.15. The molecule has 0 heterocycles. The summed E-state index contributed by atoms with van der Waals surface area (Å²) in [7, 11) is 0. The Labute approximate surface area is 148 Å².